The lowest BCUT2D eigenvalue weighted by Crippen LogP contribution is -2.42. The Morgan fingerprint density at radius 1 is 1.17 bits per heavy atom. The van der Waals surface area contributed by atoms with Crippen molar-refractivity contribution in [2.45, 2.75) is 51.6 Å². The van der Waals surface area contributed by atoms with Gasteiger partial charge in [-0.2, -0.15) is 0 Å². The summed E-state index contributed by atoms with van der Waals surface area (Å²) in [5.41, 5.74) is 1.34. The fraction of sp³-hybridized carbons (Fsp3) is 0.647. The minimum Gasteiger partial charge on any atom is -0.293 e. The zero-order valence-electron chi connectivity index (χ0n) is 11.7. The second-order valence-electron chi connectivity index (χ2n) is 6.13. The van der Waals surface area contributed by atoms with Crippen molar-refractivity contribution in [2.24, 2.45) is 11.8 Å². The molecule has 2 aliphatic heterocycles. The van der Waals surface area contributed by atoms with Crippen LogP contribution in [0.2, 0.25) is 0 Å². The molecule has 0 spiro atoms. The van der Waals surface area contributed by atoms with Crippen LogP contribution in [0, 0.1) is 11.8 Å². The van der Waals surface area contributed by atoms with Crippen LogP contribution in [0.5, 0.6) is 0 Å². The number of nitrogens with zero attached hydrogens (tertiary/aromatic N) is 1. The summed E-state index contributed by atoms with van der Waals surface area (Å²) in [5, 5.41) is 0. The largest absolute Gasteiger partial charge is 0.293 e. The van der Waals surface area contributed by atoms with Gasteiger partial charge < -0.3 is 0 Å². The Labute approximate surface area is 111 Å². The highest BCUT2D eigenvalue weighted by molar-refractivity contribution is 5.23. The number of allylic oxidation sites excluding steroid dienone is 5. The van der Waals surface area contributed by atoms with Gasteiger partial charge >= 0.3 is 0 Å². The second-order valence-corrected chi connectivity index (χ2v) is 6.13. The van der Waals surface area contributed by atoms with Gasteiger partial charge in [0.05, 0.1) is 0 Å². The van der Waals surface area contributed by atoms with E-state index in [1.54, 1.807) is 0 Å². The molecule has 2 saturated heterocycles. The highest BCUT2D eigenvalue weighted by Gasteiger charge is 2.57. The summed E-state index contributed by atoms with van der Waals surface area (Å²) >= 11 is 0. The first-order valence-corrected chi connectivity index (χ1v) is 7.55. The van der Waals surface area contributed by atoms with Gasteiger partial charge in [0.2, 0.25) is 0 Å². The van der Waals surface area contributed by atoms with Crippen LogP contribution >= 0.6 is 0 Å². The van der Waals surface area contributed by atoms with E-state index in [1.165, 1.54) is 37.8 Å². The van der Waals surface area contributed by atoms with Gasteiger partial charge in [0.15, 0.2) is 0 Å². The summed E-state index contributed by atoms with van der Waals surface area (Å²) in [7, 11) is 0. The Kier molecular flexibility index (Phi) is 3.43. The van der Waals surface area contributed by atoms with E-state index in [2.05, 4.69) is 49.1 Å². The molecule has 1 aliphatic carbocycles. The number of fused-ring (bicyclic) bond motifs is 3. The van der Waals surface area contributed by atoms with Gasteiger partial charge in [-0.25, -0.2) is 0 Å². The molecule has 0 radical (unpaired) electrons. The van der Waals surface area contributed by atoms with Crippen LogP contribution in [-0.2, 0) is 0 Å². The third-order valence-electron chi connectivity index (χ3n) is 5.03. The molecule has 3 fully saturated rings. The van der Waals surface area contributed by atoms with E-state index >= 15 is 0 Å². The quantitative estimate of drug-likeness (QED) is 0.679. The third kappa shape index (κ3) is 2.21. The first kappa shape index (κ1) is 12.2. The lowest BCUT2D eigenvalue weighted by Gasteiger charge is -2.35. The molecule has 3 aliphatic rings. The van der Waals surface area contributed by atoms with Crippen LogP contribution in [0.4, 0.5) is 0 Å². The van der Waals surface area contributed by atoms with Crippen LogP contribution in [0.25, 0.3) is 0 Å². The molecule has 0 N–H and O–H groups in total. The van der Waals surface area contributed by atoms with Crippen molar-refractivity contribution in [1.82, 2.24) is 4.90 Å². The number of hydrogen-bond donors (Lipinski definition) is 0. The summed E-state index contributed by atoms with van der Waals surface area (Å²) in [6, 6.07) is 1.68. The maximum Gasteiger partial charge on any atom is 0.0315 e. The Morgan fingerprint density at radius 2 is 2.06 bits per heavy atom. The van der Waals surface area contributed by atoms with Crippen LogP contribution in [-0.4, -0.2) is 23.5 Å². The Bertz CT molecular complexity index is 390. The monoisotopic (exact) mass is 243 g/mol. The van der Waals surface area contributed by atoms with Gasteiger partial charge in [-0.3, -0.25) is 4.90 Å². The normalized spacial score (nSPS) is 40.4. The molecule has 0 aromatic rings. The van der Waals surface area contributed by atoms with Gasteiger partial charge in [0, 0.05) is 12.1 Å². The average Bonchev–Trinajstić information content (AvgIpc) is 3.13. The van der Waals surface area contributed by atoms with Crippen LogP contribution < -0.4 is 0 Å². The lowest BCUT2D eigenvalue weighted by molar-refractivity contribution is 0.139. The van der Waals surface area contributed by atoms with Gasteiger partial charge in [0.25, 0.3) is 0 Å². The molecule has 2 heterocycles. The molecular weight excluding hydrogens is 218 g/mol. The SMILES string of the molecule is CC=C(C)C=CC=CC1C2CC2C2CCCCN12. The van der Waals surface area contributed by atoms with E-state index in [0.29, 0.717) is 0 Å². The topological polar surface area (TPSA) is 3.24 Å². The van der Waals surface area contributed by atoms with Gasteiger partial charge in [-0.15, -0.1) is 0 Å². The van der Waals surface area contributed by atoms with Crippen LogP contribution in [0.1, 0.15) is 39.5 Å². The fourth-order valence-corrected chi connectivity index (χ4v) is 3.86. The van der Waals surface area contributed by atoms with Crippen molar-refractivity contribution in [2.75, 3.05) is 6.54 Å². The number of piperidine rings is 2. The fourth-order valence-electron chi connectivity index (χ4n) is 3.86. The molecule has 0 bridgehead atoms. The van der Waals surface area contributed by atoms with E-state index in [1.807, 2.05) is 0 Å². The molecular formula is C17H25N. The van der Waals surface area contributed by atoms with Crippen molar-refractivity contribution >= 4 is 0 Å². The zero-order chi connectivity index (χ0) is 12.5. The highest BCUT2D eigenvalue weighted by Crippen LogP contribution is 2.56. The lowest BCUT2D eigenvalue weighted by atomic mass is 10.0. The van der Waals surface area contributed by atoms with E-state index in [0.717, 1.165) is 23.9 Å². The van der Waals surface area contributed by atoms with E-state index in [9.17, 15) is 0 Å². The molecule has 0 aromatic heterocycles. The molecule has 18 heavy (non-hydrogen) atoms. The maximum absolute atomic E-state index is 2.79. The molecule has 0 aromatic carbocycles. The molecule has 4 unspecified atom stereocenters. The summed E-state index contributed by atoms with van der Waals surface area (Å²) in [4.78, 5) is 2.79. The van der Waals surface area contributed by atoms with Gasteiger partial charge in [-0.05, 0) is 51.5 Å². The van der Waals surface area contributed by atoms with Crippen LogP contribution in [0.15, 0.2) is 36.0 Å². The van der Waals surface area contributed by atoms with E-state index < -0.39 is 0 Å². The Morgan fingerprint density at radius 3 is 2.89 bits per heavy atom. The molecule has 4 atom stereocenters. The summed E-state index contributed by atoms with van der Waals surface area (Å²) in [6.07, 6.45) is 17.1. The maximum atomic E-state index is 2.79. The minimum atomic E-state index is 0.746. The van der Waals surface area contributed by atoms with Crippen molar-refractivity contribution in [3.8, 4) is 0 Å². The van der Waals surface area contributed by atoms with Gasteiger partial charge in [0.1, 0.15) is 0 Å². The van der Waals surface area contributed by atoms with Crippen molar-refractivity contribution < 1.29 is 0 Å². The standard InChI is InChI=1S/C17H25N/c1-3-13(2)8-4-5-9-16-14-12-15(14)17-10-6-7-11-18(16)17/h3-5,8-9,14-17H,6-7,10-12H2,1-2H3. The first-order valence-electron chi connectivity index (χ1n) is 7.55. The summed E-state index contributed by atoms with van der Waals surface area (Å²) in [6.45, 7) is 5.58. The second kappa shape index (κ2) is 5.05. The Hall–Kier alpha value is -0.820. The molecule has 0 amide bonds. The van der Waals surface area contributed by atoms with E-state index in [-0.39, 0.29) is 0 Å². The van der Waals surface area contributed by atoms with E-state index in [4.69, 9.17) is 0 Å². The first-order chi connectivity index (χ1) is 8.81. The Balaban J connectivity index is 1.63. The number of rotatable bonds is 3. The molecule has 1 nitrogen and oxygen atoms in total. The van der Waals surface area contributed by atoms with Crippen molar-refractivity contribution in [3.63, 3.8) is 0 Å². The molecule has 1 heteroatoms. The predicted octanol–water partition coefficient (Wildman–Crippen LogP) is 3.94. The van der Waals surface area contributed by atoms with Gasteiger partial charge in [-0.1, -0.05) is 42.4 Å². The molecule has 1 saturated carbocycles. The zero-order valence-corrected chi connectivity index (χ0v) is 11.7. The minimum absolute atomic E-state index is 0.746. The molecule has 3 rings (SSSR count). The average molecular weight is 243 g/mol. The summed E-state index contributed by atoms with van der Waals surface area (Å²) in [5.74, 6) is 2.03. The number of hydrogen-bond acceptors (Lipinski definition) is 1. The smallest absolute Gasteiger partial charge is 0.0315 e. The van der Waals surface area contributed by atoms with Crippen LogP contribution in [0.3, 0.4) is 0 Å². The summed E-state index contributed by atoms with van der Waals surface area (Å²) < 4.78 is 0. The van der Waals surface area contributed by atoms with Crippen molar-refractivity contribution in [1.29, 1.82) is 0 Å². The molecule has 98 valence electrons. The third-order valence-corrected chi connectivity index (χ3v) is 5.03. The predicted molar refractivity (Wildman–Crippen MR) is 77.4 cm³/mol. The van der Waals surface area contributed by atoms with Crippen molar-refractivity contribution in [3.05, 3.63) is 36.0 Å². The highest BCUT2D eigenvalue weighted by atomic mass is 15.2.